The van der Waals surface area contributed by atoms with Gasteiger partial charge in [-0.15, -0.1) is 0 Å². The van der Waals surface area contributed by atoms with Gasteiger partial charge in [-0.25, -0.2) is 0 Å². The Labute approximate surface area is 116 Å². The number of carboxylic acids is 1. The van der Waals surface area contributed by atoms with Crippen molar-refractivity contribution < 1.29 is 9.90 Å². The number of aliphatic carboxylic acids is 1. The minimum absolute atomic E-state index is 0.234. The summed E-state index contributed by atoms with van der Waals surface area (Å²) in [6.07, 6.45) is 2.19. The molecule has 1 aromatic carbocycles. The summed E-state index contributed by atoms with van der Waals surface area (Å²) >= 11 is 0. The second kappa shape index (κ2) is 6.23. The molecule has 0 amide bonds. The average molecular weight is 262 g/mol. The van der Waals surface area contributed by atoms with Gasteiger partial charge >= 0.3 is 5.97 Å². The number of benzene rings is 1. The van der Waals surface area contributed by atoms with Crippen molar-refractivity contribution in [3.63, 3.8) is 0 Å². The fourth-order valence-electron chi connectivity index (χ4n) is 2.74. The first kappa shape index (κ1) is 15.7. The molecule has 2 heteroatoms. The van der Waals surface area contributed by atoms with Crippen LogP contribution in [0.25, 0.3) is 0 Å². The molecular formula is C17H26O2. The summed E-state index contributed by atoms with van der Waals surface area (Å²) in [7, 11) is 0. The second-order valence-electron chi connectivity index (χ2n) is 5.85. The van der Waals surface area contributed by atoms with Crippen molar-refractivity contribution in [3.05, 3.63) is 33.4 Å². The van der Waals surface area contributed by atoms with Gasteiger partial charge in [0.1, 0.15) is 0 Å². The van der Waals surface area contributed by atoms with Crippen molar-refractivity contribution in [2.24, 2.45) is 5.92 Å². The Balaban J connectivity index is 2.93. The van der Waals surface area contributed by atoms with Crippen LogP contribution in [-0.2, 0) is 11.2 Å². The third-order valence-electron chi connectivity index (χ3n) is 4.57. The summed E-state index contributed by atoms with van der Waals surface area (Å²) in [6.45, 7) is 12.9. The fraction of sp³-hybridized carbons (Fsp3) is 0.588. The van der Waals surface area contributed by atoms with E-state index in [0.29, 0.717) is 0 Å². The van der Waals surface area contributed by atoms with Crippen LogP contribution in [0.1, 0.15) is 53.1 Å². The molecule has 1 unspecified atom stereocenters. The molecule has 0 aliphatic rings. The van der Waals surface area contributed by atoms with Gasteiger partial charge in [0.2, 0.25) is 0 Å². The highest BCUT2D eigenvalue weighted by atomic mass is 16.4. The fourth-order valence-corrected chi connectivity index (χ4v) is 2.74. The zero-order valence-corrected chi connectivity index (χ0v) is 13.1. The molecular weight excluding hydrogens is 236 g/mol. The molecule has 0 aliphatic heterocycles. The topological polar surface area (TPSA) is 37.3 Å². The van der Waals surface area contributed by atoms with E-state index in [1.807, 2.05) is 6.92 Å². The largest absolute Gasteiger partial charge is 0.481 e. The molecule has 0 bridgehead atoms. The third kappa shape index (κ3) is 3.59. The zero-order chi connectivity index (χ0) is 14.7. The van der Waals surface area contributed by atoms with Crippen LogP contribution in [-0.4, -0.2) is 11.1 Å². The van der Waals surface area contributed by atoms with Gasteiger partial charge in [0.15, 0.2) is 0 Å². The molecule has 0 radical (unpaired) electrons. The Morgan fingerprint density at radius 1 is 0.947 bits per heavy atom. The molecule has 0 heterocycles. The van der Waals surface area contributed by atoms with Crippen LogP contribution in [0, 0.1) is 40.5 Å². The SMILES string of the molecule is Cc1c(C)c(C)c(CCC(C)CC(=O)O)c(C)c1C. The maximum Gasteiger partial charge on any atom is 0.303 e. The van der Waals surface area contributed by atoms with E-state index < -0.39 is 5.97 Å². The molecule has 0 spiro atoms. The van der Waals surface area contributed by atoms with Gasteiger partial charge in [-0.3, -0.25) is 4.79 Å². The Morgan fingerprint density at radius 3 is 1.79 bits per heavy atom. The Morgan fingerprint density at radius 2 is 1.37 bits per heavy atom. The van der Waals surface area contributed by atoms with E-state index in [4.69, 9.17) is 5.11 Å². The molecule has 1 N–H and O–H groups in total. The minimum Gasteiger partial charge on any atom is -0.481 e. The van der Waals surface area contributed by atoms with E-state index in [-0.39, 0.29) is 12.3 Å². The first-order chi connectivity index (χ1) is 8.75. The van der Waals surface area contributed by atoms with Crippen LogP contribution in [0.2, 0.25) is 0 Å². The summed E-state index contributed by atoms with van der Waals surface area (Å²) in [5.74, 6) is -0.463. The van der Waals surface area contributed by atoms with Crippen LogP contribution < -0.4 is 0 Å². The number of hydrogen-bond acceptors (Lipinski definition) is 1. The normalized spacial score (nSPS) is 12.5. The summed E-state index contributed by atoms with van der Waals surface area (Å²) in [6, 6.07) is 0. The highest BCUT2D eigenvalue weighted by Gasteiger charge is 2.14. The zero-order valence-electron chi connectivity index (χ0n) is 13.1. The van der Waals surface area contributed by atoms with Gasteiger partial charge in [-0.05, 0) is 86.8 Å². The van der Waals surface area contributed by atoms with E-state index in [1.165, 1.54) is 33.4 Å². The first-order valence-corrected chi connectivity index (χ1v) is 7.03. The van der Waals surface area contributed by atoms with Crippen molar-refractivity contribution in [2.75, 3.05) is 0 Å². The summed E-state index contributed by atoms with van der Waals surface area (Å²) in [4.78, 5) is 10.7. The maximum absolute atomic E-state index is 10.7. The van der Waals surface area contributed by atoms with Gasteiger partial charge in [0.05, 0.1) is 0 Å². The van der Waals surface area contributed by atoms with Gasteiger partial charge in [-0.2, -0.15) is 0 Å². The highest BCUT2D eigenvalue weighted by Crippen LogP contribution is 2.28. The number of rotatable bonds is 5. The lowest BCUT2D eigenvalue weighted by atomic mass is 9.86. The van der Waals surface area contributed by atoms with E-state index >= 15 is 0 Å². The molecule has 2 nitrogen and oxygen atoms in total. The van der Waals surface area contributed by atoms with Crippen molar-refractivity contribution in [1.82, 2.24) is 0 Å². The predicted octanol–water partition coefficient (Wildman–Crippen LogP) is 4.27. The Bertz CT molecular complexity index is 458. The Kier molecular flexibility index (Phi) is 5.16. The molecule has 0 aromatic heterocycles. The van der Waals surface area contributed by atoms with E-state index in [1.54, 1.807) is 0 Å². The van der Waals surface area contributed by atoms with Crippen molar-refractivity contribution in [2.45, 2.75) is 60.8 Å². The smallest absolute Gasteiger partial charge is 0.303 e. The monoisotopic (exact) mass is 262 g/mol. The van der Waals surface area contributed by atoms with Crippen molar-refractivity contribution >= 4 is 5.97 Å². The summed E-state index contributed by atoms with van der Waals surface area (Å²) in [5, 5.41) is 8.81. The van der Waals surface area contributed by atoms with Gasteiger partial charge in [0.25, 0.3) is 0 Å². The molecule has 0 saturated carbocycles. The molecule has 0 aliphatic carbocycles. The second-order valence-corrected chi connectivity index (χ2v) is 5.85. The van der Waals surface area contributed by atoms with Crippen molar-refractivity contribution in [3.8, 4) is 0 Å². The molecule has 1 aromatic rings. The van der Waals surface area contributed by atoms with Crippen LogP contribution in [0.3, 0.4) is 0 Å². The first-order valence-electron chi connectivity index (χ1n) is 7.03. The van der Waals surface area contributed by atoms with Crippen LogP contribution >= 0.6 is 0 Å². The lowest BCUT2D eigenvalue weighted by Crippen LogP contribution is -2.08. The third-order valence-corrected chi connectivity index (χ3v) is 4.57. The standard InChI is InChI=1S/C17H26O2/c1-10(9-17(18)19)7-8-16-14(5)12(3)11(2)13(4)15(16)6/h10H,7-9H2,1-6H3,(H,18,19). The van der Waals surface area contributed by atoms with E-state index in [9.17, 15) is 4.79 Å². The average Bonchev–Trinajstić information content (AvgIpc) is 2.33. The van der Waals surface area contributed by atoms with Gasteiger partial charge < -0.3 is 5.11 Å². The molecule has 1 atom stereocenters. The minimum atomic E-state index is -0.697. The maximum atomic E-state index is 10.7. The quantitative estimate of drug-likeness (QED) is 0.860. The summed E-state index contributed by atoms with van der Waals surface area (Å²) < 4.78 is 0. The lowest BCUT2D eigenvalue weighted by molar-refractivity contribution is -0.138. The molecule has 19 heavy (non-hydrogen) atoms. The molecule has 0 saturated heterocycles. The molecule has 1 rings (SSSR count). The van der Waals surface area contributed by atoms with Gasteiger partial charge in [-0.1, -0.05) is 6.92 Å². The highest BCUT2D eigenvalue weighted by molar-refractivity contribution is 5.66. The van der Waals surface area contributed by atoms with Crippen LogP contribution in [0.5, 0.6) is 0 Å². The van der Waals surface area contributed by atoms with Crippen molar-refractivity contribution in [1.29, 1.82) is 0 Å². The molecule has 0 fully saturated rings. The van der Waals surface area contributed by atoms with Crippen LogP contribution in [0.15, 0.2) is 0 Å². The number of carboxylic acid groups (broad SMARTS) is 1. The number of carbonyl (C=O) groups is 1. The molecule has 106 valence electrons. The summed E-state index contributed by atoms with van der Waals surface area (Å²) in [5.41, 5.74) is 8.31. The Hall–Kier alpha value is -1.31. The number of hydrogen-bond donors (Lipinski definition) is 1. The predicted molar refractivity (Wildman–Crippen MR) is 79.9 cm³/mol. The van der Waals surface area contributed by atoms with Crippen LogP contribution in [0.4, 0.5) is 0 Å². The van der Waals surface area contributed by atoms with E-state index in [0.717, 1.165) is 12.8 Å². The lowest BCUT2D eigenvalue weighted by Gasteiger charge is -2.19. The van der Waals surface area contributed by atoms with E-state index in [2.05, 4.69) is 34.6 Å². The van der Waals surface area contributed by atoms with Gasteiger partial charge in [0, 0.05) is 6.42 Å².